The molecule has 0 saturated carbocycles. The van der Waals surface area contributed by atoms with E-state index in [1.165, 1.54) is 23.8 Å². The molecule has 5 aliphatic carbocycles. The molecule has 2 atom stereocenters. The van der Waals surface area contributed by atoms with Crippen LogP contribution in [-0.2, 0) is 19.2 Å². The topological polar surface area (TPSA) is 126 Å². The average molecular weight is 969 g/mol. The van der Waals surface area contributed by atoms with Gasteiger partial charge in [-0.2, -0.15) is 0 Å². The number of hydrogen-bond donors (Lipinski definition) is 2. The van der Waals surface area contributed by atoms with Crippen molar-refractivity contribution in [1.29, 1.82) is 0 Å². The lowest BCUT2D eigenvalue weighted by atomic mass is 9.55. The summed E-state index contributed by atoms with van der Waals surface area (Å²) in [5.74, 6) is -2.89. The van der Waals surface area contributed by atoms with Crippen LogP contribution in [0.5, 0.6) is 0 Å². The van der Waals surface area contributed by atoms with E-state index in [9.17, 15) is 14.4 Å². The Morgan fingerprint density at radius 2 is 0.667 bits per heavy atom. The molecule has 8 nitrogen and oxygen atoms in total. The van der Waals surface area contributed by atoms with Crippen molar-refractivity contribution in [2.75, 3.05) is 0 Å². The van der Waals surface area contributed by atoms with E-state index in [1.54, 1.807) is 0 Å². The fraction of sp³-hybridized carbons (Fsp3) is 0.0746. The average Bonchev–Trinajstić information content (AvgIpc) is 4.30. The van der Waals surface area contributed by atoms with Crippen LogP contribution in [0.1, 0.15) is 68.0 Å². The van der Waals surface area contributed by atoms with Gasteiger partial charge in [-0.05, 0) is 127 Å². The van der Waals surface area contributed by atoms with Crippen molar-refractivity contribution in [2.45, 2.75) is 32.6 Å². The smallest absolute Gasteiger partial charge is 0.191 e. The maximum atomic E-state index is 15.0. The number of carbonyl (C=O) groups excluding carboxylic acids is 4. The van der Waals surface area contributed by atoms with E-state index in [4.69, 9.17) is 9.97 Å². The van der Waals surface area contributed by atoms with E-state index in [-0.39, 0.29) is 34.3 Å². The molecule has 0 saturated heterocycles. The Bertz CT molecular complexity index is 4260. The number of ketones is 4. The van der Waals surface area contributed by atoms with E-state index in [2.05, 4.69) is 152 Å². The van der Waals surface area contributed by atoms with Crippen LogP contribution in [0.4, 0.5) is 0 Å². The zero-order valence-electron chi connectivity index (χ0n) is 41.1. The van der Waals surface area contributed by atoms with Gasteiger partial charge in [0.15, 0.2) is 23.1 Å². The predicted octanol–water partition coefficient (Wildman–Crippen LogP) is 14.0. The number of carbonyl (C=O) groups is 4. The summed E-state index contributed by atoms with van der Waals surface area (Å²) in [6.45, 7) is 6.26. The molecule has 8 aromatic rings. The highest BCUT2D eigenvalue weighted by molar-refractivity contribution is 6.40. The summed E-state index contributed by atoms with van der Waals surface area (Å²) in [5.41, 5.74) is 21.3. The maximum Gasteiger partial charge on any atom is 0.191 e. The number of allylic oxidation sites excluding steroid dienone is 8. The van der Waals surface area contributed by atoms with Crippen LogP contribution in [-0.4, -0.2) is 43.1 Å². The van der Waals surface area contributed by atoms with Crippen LogP contribution in [0.15, 0.2) is 186 Å². The van der Waals surface area contributed by atoms with Gasteiger partial charge in [-0.15, -0.1) is 0 Å². The SMILES string of the molecule is Cc1ccc(-c2c3nc(c(-c4ccc(C)cc4)c4ccc([nH]4)c(-c4ccc(C5=CC(=O)C6=C(C5=O)[C@@H]5C7=C(C(=O)C=CC7=O)[C@H]6c6ccccc65)cc4)c4nc(c(-c5ccc(C)cc5)c5ccc2[nH]5)C=C4)C=C3)cc1. The highest BCUT2D eigenvalue weighted by Gasteiger charge is 2.53. The third kappa shape index (κ3) is 6.90. The second kappa shape index (κ2) is 16.7. The number of nitrogens with zero attached hydrogens (tertiary/aromatic N) is 2. The molecular weight excluding hydrogens is 925 g/mol. The lowest BCUT2D eigenvalue weighted by Gasteiger charge is -2.44. The highest BCUT2D eigenvalue weighted by atomic mass is 16.1. The van der Waals surface area contributed by atoms with Crippen LogP contribution >= 0.6 is 0 Å². The first kappa shape index (κ1) is 44.1. The molecular formula is C67H44N4O4. The van der Waals surface area contributed by atoms with Gasteiger partial charge in [0.2, 0.25) is 0 Å². The van der Waals surface area contributed by atoms with E-state index >= 15 is 4.79 Å². The fourth-order valence-corrected chi connectivity index (χ4v) is 12.0. The summed E-state index contributed by atoms with van der Waals surface area (Å²) in [6.07, 6.45) is 12.3. The number of H-pyrrole nitrogens is 2. The van der Waals surface area contributed by atoms with E-state index in [0.29, 0.717) is 22.3 Å². The first-order valence-electron chi connectivity index (χ1n) is 25.2. The molecule has 0 spiro atoms. The molecule has 356 valence electrons. The molecule has 10 bridgehead atoms. The minimum atomic E-state index is -0.824. The summed E-state index contributed by atoms with van der Waals surface area (Å²) in [7, 11) is 0. The number of benzene rings is 5. The minimum absolute atomic E-state index is 0.242. The number of aryl methyl sites for hydroxylation is 3. The van der Waals surface area contributed by atoms with Gasteiger partial charge in [0.05, 0.1) is 22.8 Å². The van der Waals surface area contributed by atoms with Crippen LogP contribution < -0.4 is 0 Å². The molecule has 75 heavy (non-hydrogen) atoms. The summed E-state index contributed by atoms with van der Waals surface area (Å²) >= 11 is 0. The summed E-state index contributed by atoms with van der Waals surface area (Å²) < 4.78 is 0. The molecule has 5 aromatic carbocycles. The van der Waals surface area contributed by atoms with Crippen molar-refractivity contribution in [2.24, 2.45) is 0 Å². The molecule has 7 aliphatic rings. The number of nitrogens with one attached hydrogen (secondary N) is 2. The van der Waals surface area contributed by atoms with Crippen molar-refractivity contribution in [1.82, 2.24) is 19.9 Å². The van der Waals surface area contributed by atoms with Crippen molar-refractivity contribution < 1.29 is 19.2 Å². The third-order valence-corrected chi connectivity index (χ3v) is 15.6. The highest BCUT2D eigenvalue weighted by Crippen LogP contribution is 2.59. The fourth-order valence-electron chi connectivity index (χ4n) is 12.0. The molecule has 0 fully saturated rings. The number of Topliss-reactive ketones (excluding diaryl/α,β-unsaturated/α-hetero) is 1. The van der Waals surface area contributed by atoms with Crippen molar-refractivity contribution >= 4 is 75.1 Å². The maximum absolute atomic E-state index is 15.0. The first-order chi connectivity index (χ1) is 36.6. The van der Waals surface area contributed by atoms with Gasteiger partial charge < -0.3 is 9.97 Å². The monoisotopic (exact) mass is 968 g/mol. The molecule has 3 aromatic heterocycles. The number of fused-ring (bicyclic) bond motifs is 8. The number of rotatable bonds is 5. The van der Waals surface area contributed by atoms with Crippen molar-refractivity contribution in [3.63, 3.8) is 0 Å². The van der Waals surface area contributed by atoms with Gasteiger partial charge in [-0.25, -0.2) is 9.97 Å². The number of aromatic nitrogens is 4. The standard InChI is InChI=1S/C67H44N4O4/c1-35-8-14-39(15-9-35)57-46-24-26-48(68-46)58(40-16-10-36(2)11-17-40)50-28-30-52(70-50)60(53-31-29-51(71-53)59(49-27-25-47(57)69-49)41-18-12-37(3)13-19-41)42-22-20-38(21-23-42)45-34-56(74)65-61-43-6-4-5-7-44(43)62(66(65)67(45)75)64-55(73)33-32-54(72)63(61)64/h4-34,61-62,68,71H,1-3H3/t61-,62+/m1/s1. The molecule has 15 rings (SSSR count). The molecule has 5 heterocycles. The molecule has 2 N–H and O–H groups in total. The van der Waals surface area contributed by atoms with Gasteiger partial charge >= 0.3 is 0 Å². The molecule has 2 aliphatic heterocycles. The van der Waals surface area contributed by atoms with Gasteiger partial charge in [0.1, 0.15) is 0 Å². The zero-order chi connectivity index (χ0) is 50.8. The Kier molecular flexibility index (Phi) is 9.81. The van der Waals surface area contributed by atoms with Gasteiger partial charge in [-0.3, -0.25) is 19.2 Å². The Labute approximate surface area is 431 Å². The van der Waals surface area contributed by atoms with E-state index < -0.39 is 11.8 Å². The molecule has 8 heteroatoms. The number of hydrogen-bond acceptors (Lipinski definition) is 6. The molecule has 0 unspecified atom stereocenters. The largest absolute Gasteiger partial charge is 0.354 e. The summed E-state index contributed by atoms with van der Waals surface area (Å²) in [5, 5.41) is 0. The lowest BCUT2D eigenvalue weighted by Crippen LogP contribution is -2.40. The molecule has 0 amide bonds. The Balaban J connectivity index is 0.971. The summed E-state index contributed by atoms with van der Waals surface area (Å²) in [4.78, 5) is 75.1. The van der Waals surface area contributed by atoms with E-state index in [1.807, 2.05) is 48.5 Å². The van der Waals surface area contributed by atoms with Crippen LogP contribution in [0.3, 0.4) is 0 Å². The molecule has 0 radical (unpaired) electrons. The normalized spacial score (nSPS) is 17.2. The quantitative estimate of drug-likeness (QED) is 0.166. The number of aromatic amines is 2. The Morgan fingerprint density at radius 1 is 0.347 bits per heavy atom. The van der Waals surface area contributed by atoms with Gasteiger partial charge in [0.25, 0.3) is 0 Å². The van der Waals surface area contributed by atoms with Crippen molar-refractivity contribution in [3.8, 4) is 44.5 Å². The predicted molar refractivity (Wildman–Crippen MR) is 298 cm³/mol. The zero-order valence-corrected chi connectivity index (χ0v) is 41.1. The Hall–Kier alpha value is -9.66. The Morgan fingerprint density at radius 3 is 1.04 bits per heavy atom. The van der Waals surface area contributed by atoms with Crippen LogP contribution in [0, 0.1) is 20.8 Å². The minimum Gasteiger partial charge on any atom is -0.354 e. The van der Waals surface area contributed by atoms with Crippen LogP contribution in [0.25, 0.3) is 96.5 Å². The third-order valence-electron chi connectivity index (χ3n) is 15.6. The first-order valence-corrected chi connectivity index (χ1v) is 25.2. The van der Waals surface area contributed by atoms with E-state index in [0.717, 1.165) is 112 Å². The lowest BCUT2D eigenvalue weighted by molar-refractivity contribution is -0.117. The second-order valence-electron chi connectivity index (χ2n) is 20.1. The summed E-state index contributed by atoms with van der Waals surface area (Å²) in [6, 6.07) is 49.3. The van der Waals surface area contributed by atoms with Crippen LogP contribution in [0.2, 0.25) is 0 Å². The second-order valence-corrected chi connectivity index (χ2v) is 20.1. The van der Waals surface area contributed by atoms with Crippen molar-refractivity contribution in [3.05, 3.63) is 242 Å². The van der Waals surface area contributed by atoms with Gasteiger partial charge in [-0.1, -0.05) is 138 Å². The van der Waals surface area contributed by atoms with Gasteiger partial charge in [0, 0.05) is 84.0 Å².